The summed E-state index contributed by atoms with van der Waals surface area (Å²) in [5.74, 6) is -3.40. The van der Waals surface area contributed by atoms with Crippen molar-refractivity contribution in [3.05, 3.63) is 34.9 Å². The smallest absolute Gasteiger partial charge is 0.396 e. The van der Waals surface area contributed by atoms with Crippen molar-refractivity contribution in [1.82, 2.24) is 0 Å². The zero-order valence-corrected chi connectivity index (χ0v) is 9.51. The summed E-state index contributed by atoms with van der Waals surface area (Å²) in [5.41, 5.74) is 1.40. The minimum absolute atomic E-state index is 0.0115. The van der Waals surface area contributed by atoms with E-state index in [2.05, 4.69) is 0 Å². The van der Waals surface area contributed by atoms with E-state index in [1.54, 1.807) is 19.9 Å². The van der Waals surface area contributed by atoms with Gasteiger partial charge >= 0.3 is 12.1 Å². The molecule has 0 radical (unpaired) electrons. The summed E-state index contributed by atoms with van der Waals surface area (Å²) in [6.45, 7) is 3.37. The number of alkyl halides is 3. The Morgan fingerprint density at radius 1 is 1.24 bits per heavy atom. The highest BCUT2D eigenvalue weighted by molar-refractivity contribution is 5.68. The van der Waals surface area contributed by atoms with Crippen molar-refractivity contribution in [2.75, 3.05) is 0 Å². The van der Waals surface area contributed by atoms with Crippen LogP contribution in [0.5, 0.6) is 0 Å². The Morgan fingerprint density at radius 3 is 2.06 bits per heavy atom. The SMILES string of the molecule is Cc1cc(C)cc(C(CC(=O)O)C(F)(F)F)c1. The maximum absolute atomic E-state index is 12.8. The third kappa shape index (κ3) is 3.76. The van der Waals surface area contributed by atoms with Gasteiger partial charge in [-0.2, -0.15) is 13.2 Å². The van der Waals surface area contributed by atoms with E-state index in [4.69, 9.17) is 5.11 Å². The number of halogens is 3. The number of benzene rings is 1. The summed E-state index contributed by atoms with van der Waals surface area (Å²) in [6, 6.07) is 4.51. The van der Waals surface area contributed by atoms with Gasteiger partial charge in [-0.1, -0.05) is 29.3 Å². The largest absolute Gasteiger partial charge is 0.481 e. The fourth-order valence-corrected chi connectivity index (χ4v) is 1.81. The van der Waals surface area contributed by atoms with E-state index in [1.165, 1.54) is 12.1 Å². The molecule has 1 atom stereocenters. The Balaban J connectivity index is 3.17. The van der Waals surface area contributed by atoms with Crippen molar-refractivity contribution in [3.8, 4) is 0 Å². The van der Waals surface area contributed by atoms with Gasteiger partial charge < -0.3 is 5.11 Å². The molecule has 1 aromatic carbocycles. The molecule has 5 heteroatoms. The Bertz CT molecular complexity index is 404. The lowest BCUT2D eigenvalue weighted by Gasteiger charge is -2.19. The van der Waals surface area contributed by atoms with Crippen LogP contribution < -0.4 is 0 Å². The maximum atomic E-state index is 12.8. The second kappa shape index (κ2) is 4.77. The van der Waals surface area contributed by atoms with Crippen LogP contribution in [0, 0.1) is 13.8 Å². The van der Waals surface area contributed by atoms with Crippen LogP contribution in [-0.4, -0.2) is 17.3 Å². The van der Waals surface area contributed by atoms with E-state index in [0.29, 0.717) is 11.1 Å². The van der Waals surface area contributed by atoms with Gasteiger partial charge in [0.1, 0.15) is 0 Å². The third-order valence-corrected chi connectivity index (χ3v) is 2.42. The van der Waals surface area contributed by atoms with Crippen LogP contribution in [0.3, 0.4) is 0 Å². The number of rotatable bonds is 3. The minimum Gasteiger partial charge on any atom is -0.481 e. The molecule has 0 saturated carbocycles. The second-order valence-electron chi connectivity index (χ2n) is 4.11. The van der Waals surface area contributed by atoms with Crippen LogP contribution in [0.4, 0.5) is 13.2 Å². The summed E-state index contributed by atoms with van der Waals surface area (Å²) in [5, 5.41) is 8.55. The van der Waals surface area contributed by atoms with Crippen LogP contribution >= 0.6 is 0 Å². The lowest BCUT2D eigenvalue weighted by atomic mass is 9.92. The number of carbonyl (C=O) groups is 1. The Labute approximate surface area is 97.1 Å². The monoisotopic (exact) mass is 246 g/mol. The normalized spacial score (nSPS) is 13.5. The van der Waals surface area contributed by atoms with Gasteiger partial charge in [-0.05, 0) is 19.4 Å². The first-order valence-corrected chi connectivity index (χ1v) is 5.07. The van der Waals surface area contributed by atoms with E-state index in [0.717, 1.165) is 0 Å². The van der Waals surface area contributed by atoms with Crippen LogP contribution in [-0.2, 0) is 4.79 Å². The highest BCUT2D eigenvalue weighted by atomic mass is 19.4. The quantitative estimate of drug-likeness (QED) is 0.887. The molecule has 0 heterocycles. The molecule has 2 nitrogen and oxygen atoms in total. The zero-order valence-electron chi connectivity index (χ0n) is 9.51. The predicted octanol–water partition coefficient (Wildman–Crippen LogP) is 3.42. The number of hydrogen-bond donors (Lipinski definition) is 1. The van der Waals surface area contributed by atoms with Gasteiger partial charge in [0.05, 0.1) is 12.3 Å². The fourth-order valence-electron chi connectivity index (χ4n) is 1.81. The summed E-state index contributed by atoms with van der Waals surface area (Å²) in [6.07, 6.45) is -5.48. The van der Waals surface area contributed by atoms with Crippen molar-refractivity contribution in [3.63, 3.8) is 0 Å². The Hall–Kier alpha value is -1.52. The molecule has 94 valence electrons. The number of carboxylic acid groups (broad SMARTS) is 1. The molecule has 0 aliphatic carbocycles. The third-order valence-electron chi connectivity index (χ3n) is 2.42. The van der Waals surface area contributed by atoms with E-state index in [9.17, 15) is 18.0 Å². The molecule has 0 saturated heterocycles. The van der Waals surface area contributed by atoms with Crippen molar-refractivity contribution in [2.24, 2.45) is 0 Å². The number of aliphatic carboxylic acids is 1. The minimum atomic E-state index is -4.54. The second-order valence-corrected chi connectivity index (χ2v) is 4.11. The van der Waals surface area contributed by atoms with E-state index in [1.807, 2.05) is 0 Å². The van der Waals surface area contributed by atoms with Gasteiger partial charge in [0, 0.05) is 0 Å². The molecule has 0 amide bonds. The van der Waals surface area contributed by atoms with Crippen LogP contribution in [0.25, 0.3) is 0 Å². The Morgan fingerprint density at radius 2 is 1.71 bits per heavy atom. The van der Waals surface area contributed by atoms with Crippen molar-refractivity contribution >= 4 is 5.97 Å². The lowest BCUT2D eigenvalue weighted by Crippen LogP contribution is -2.23. The molecular weight excluding hydrogens is 233 g/mol. The first-order chi connectivity index (χ1) is 7.70. The number of carboxylic acids is 1. The summed E-state index contributed by atoms with van der Waals surface area (Å²) in [7, 11) is 0. The van der Waals surface area contributed by atoms with Gasteiger partial charge in [-0.3, -0.25) is 4.79 Å². The molecule has 0 spiro atoms. The Kier molecular flexibility index (Phi) is 3.80. The first-order valence-electron chi connectivity index (χ1n) is 5.07. The topological polar surface area (TPSA) is 37.3 Å². The molecule has 1 rings (SSSR count). The van der Waals surface area contributed by atoms with Gasteiger partial charge in [0.15, 0.2) is 0 Å². The molecule has 1 aromatic rings. The van der Waals surface area contributed by atoms with Crippen molar-refractivity contribution < 1.29 is 23.1 Å². The highest BCUT2D eigenvalue weighted by Crippen LogP contribution is 2.38. The average Bonchev–Trinajstić information content (AvgIpc) is 2.10. The van der Waals surface area contributed by atoms with E-state index >= 15 is 0 Å². The van der Waals surface area contributed by atoms with Crippen molar-refractivity contribution in [1.29, 1.82) is 0 Å². The molecule has 1 N–H and O–H groups in total. The standard InChI is InChI=1S/C12H13F3O2/c1-7-3-8(2)5-9(4-7)10(6-11(16)17)12(13,14)15/h3-5,10H,6H2,1-2H3,(H,16,17). The first kappa shape index (κ1) is 13.5. The van der Waals surface area contributed by atoms with E-state index < -0.39 is 24.5 Å². The molecule has 17 heavy (non-hydrogen) atoms. The van der Waals surface area contributed by atoms with E-state index in [-0.39, 0.29) is 5.56 Å². The van der Waals surface area contributed by atoms with Gasteiger partial charge in [-0.25, -0.2) is 0 Å². The molecule has 1 unspecified atom stereocenters. The molecule has 0 aromatic heterocycles. The van der Waals surface area contributed by atoms with Crippen molar-refractivity contribution in [2.45, 2.75) is 32.4 Å². The van der Waals surface area contributed by atoms with Gasteiger partial charge in [0.25, 0.3) is 0 Å². The van der Waals surface area contributed by atoms with Crippen LogP contribution in [0.2, 0.25) is 0 Å². The summed E-state index contributed by atoms with van der Waals surface area (Å²) in [4.78, 5) is 10.5. The molecule has 0 aliphatic heterocycles. The molecule has 0 bridgehead atoms. The summed E-state index contributed by atoms with van der Waals surface area (Å²) >= 11 is 0. The number of hydrogen-bond acceptors (Lipinski definition) is 1. The zero-order chi connectivity index (χ0) is 13.2. The van der Waals surface area contributed by atoms with Crippen LogP contribution in [0.1, 0.15) is 29.0 Å². The predicted molar refractivity (Wildman–Crippen MR) is 57.0 cm³/mol. The average molecular weight is 246 g/mol. The summed E-state index contributed by atoms with van der Waals surface area (Å²) < 4.78 is 38.3. The molecule has 0 aliphatic rings. The highest BCUT2D eigenvalue weighted by Gasteiger charge is 2.42. The molecular formula is C12H13F3O2. The molecule has 0 fully saturated rings. The fraction of sp³-hybridized carbons (Fsp3) is 0.417. The number of aryl methyl sites for hydroxylation is 2. The maximum Gasteiger partial charge on any atom is 0.396 e. The lowest BCUT2D eigenvalue weighted by molar-refractivity contribution is -0.163. The van der Waals surface area contributed by atoms with Gasteiger partial charge in [-0.15, -0.1) is 0 Å². The van der Waals surface area contributed by atoms with Crippen LogP contribution in [0.15, 0.2) is 18.2 Å². The van der Waals surface area contributed by atoms with Gasteiger partial charge in [0.2, 0.25) is 0 Å².